The molecule has 0 aliphatic carbocycles. The fourth-order valence-corrected chi connectivity index (χ4v) is 2.38. The summed E-state index contributed by atoms with van der Waals surface area (Å²) in [6.45, 7) is 6.98. The topological polar surface area (TPSA) is 73.8 Å². The Kier molecular flexibility index (Phi) is 7.99. The van der Waals surface area contributed by atoms with E-state index >= 15 is 0 Å². The van der Waals surface area contributed by atoms with Gasteiger partial charge in [0.15, 0.2) is 16.1 Å². The van der Waals surface area contributed by atoms with E-state index in [1.807, 2.05) is 20.8 Å². The second kappa shape index (κ2) is 9.25. The molecule has 0 spiro atoms. The smallest absolute Gasteiger partial charge is 0.410 e. The van der Waals surface area contributed by atoms with Crippen molar-refractivity contribution in [3.8, 4) is 5.75 Å². The number of nitrogens with zero attached hydrogens (tertiary/aromatic N) is 3. The summed E-state index contributed by atoms with van der Waals surface area (Å²) in [5, 5.41) is 0.449. The first-order valence-electron chi connectivity index (χ1n) is 7.38. The third-order valence-corrected chi connectivity index (χ3v) is 3.59. The number of halogens is 2. The molecule has 9 heteroatoms. The average molecular weight is 380 g/mol. The highest BCUT2D eigenvalue weighted by Gasteiger charge is 2.29. The third-order valence-electron chi connectivity index (χ3n) is 3.05. The van der Waals surface area contributed by atoms with Crippen LogP contribution in [-0.4, -0.2) is 60.0 Å². The van der Waals surface area contributed by atoms with Gasteiger partial charge in [-0.15, -0.1) is 0 Å². The molecular weight excluding hydrogens is 357 g/mol. The van der Waals surface area contributed by atoms with E-state index < -0.39 is 5.60 Å². The van der Waals surface area contributed by atoms with Gasteiger partial charge in [-0.25, -0.2) is 14.8 Å². The first-order valence-corrected chi connectivity index (χ1v) is 8.14. The van der Waals surface area contributed by atoms with Crippen molar-refractivity contribution < 1.29 is 19.0 Å². The van der Waals surface area contributed by atoms with Crippen molar-refractivity contribution in [2.24, 2.45) is 0 Å². The number of amides is 1. The van der Waals surface area contributed by atoms with Gasteiger partial charge in [0, 0.05) is 13.7 Å². The van der Waals surface area contributed by atoms with E-state index in [1.165, 1.54) is 13.4 Å². The summed E-state index contributed by atoms with van der Waals surface area (Å²) < 4.78 is 15.2. The predicted octanol–water partition coefficient (Wildman–Crippen LogP) is 3.43. The minimum absolute atomic E-state index is 0.169. The lowest BCUT2D eigenvalue weighted by molar-refractivity contribution is 0.0253. The van der Waals surface area contributed by atoms with Crippen LogP contribution in [0.4, 0.5) is 4.79 Å². The van der Waals surface area contributed by atoms with Gasteiger partial charge in [0.25, 0.3) is 0 Å². The lowest BCUT2D eigenvalue weighted by Gasteiger charge is -2.24. The molecular formula is C15H23Cl2N3O4. The van der Waals surface area contributed by atoms with Gasteiger partial charge in [0.2, 0.25) is 0 Å². The van der Waals surface area contributed by atoms with Crippen LogP contribution in [-0.2, 0) is 9.47 Å². The monoisotopic (exact) mass is 379 g/mol. The van der Waals surface area contributed by atoms with Crippen molar-refractivity contribution in [1.29, 1.82) is 0 Å². The Morgan fingerprint density at radius 3 is 2.21 bits per heavy atom. The van der Waals surface area contributed by atoms with Crippen molar-refractivity contribution in [1.82, 2.24) is 14.9 Å². The molecule has 7 nitrogen and oxygen atoms in total. The summed E-state index contributed by atoms with van der Waals surface area (Å²) in [5.74, 6) is 0.311. The molecule has 1 saturated heterocycles. The summed E-state index contributed by atoms with van der Waals surface area (Å²) in [4.78, 5) is 20.6. The Balaban J connectivity index is 0.000000254. The summed E-state index contributed by atoms with van der Waals surface area (Å²) in [7, 11) is 3.12. The van der Waals surface area contributed by atoms with Crippen LogP contribution < -0.4 is 4.74 Å². The number of aromatic nitrogens is 2. The van der Waals surface area contributed by atoms with Crippen molar-refractivity contribution >= 4 is 29.3 Å². The number of carbonyl (C=O) groups is 1. The number of hydrogen-bond acceptors (Lipinski definition) is 6. The highest BCUT2D eigenvalue weighted by Crippen LogP contribution is 2.27. The maximum absolute atomic E-state index is 11.6. The first-order chi connectivity index (χ1) is 11.2. The van der Waals surface area contributed by atoms with Gasteiger partial charge in [0.1, 0.15) is 11.9 Å². The molecule has 1 amide bonds. The number of carbonyl (C=O) groups excluding carboxylic acids is 1. The number of likely N-dealkylation sites (tertiary alicyclic amines) is 1. The molecule has 136 valence electrons. The first kappa shape index (κ1) is 20.7. The molecule has 0 N–H and O–H groups in total. The average Bonchev–Trinajstić information content (AvgIpc) is 2.95. The van der Waals surface area contributed by atoms with E-state index in [0.29, 0.717) is 12.3 Å². The predicted molar refractivity (Wildman–Crippen MR) is 91.8 cm³/mol. The third kappa shape index (κ3) is 6.67. The minimum atomic E-state index is -0.414. The second-order valence-corrected chi connectivity index (χ2v) is 6.78. The van der Waals surface area contributed by atoms with Gasteiger partial charge in [-0.3, -0.25) is 0 Å². The van der Waals surface area contributed by atoms with Gasteiger partial charge in [-0.2, -0.15) is 0 Å². The van der Waals surface area contributed by atoms with E-state index in [-0.39, 0.29) is 22.5 Å². The van der Waals surface area contributed by atoms with Gasteiger partial charge < -0.3 is 19.1 Å². The van der Waals surface area contributed by atoms with E-state index in [2.05, 4.69) is 9.97 Å². The van der Waals surface area contributed by atoms with Gasteiger partial charge in [-0.05, 0) is 27.2 Å². The molecule has 0 aromatic carbocycles. The molecule has 1 atom stereocenters. The maximum Gasteiger partial charge on any atom is 0.410 e. The lowest BCUT2D eigenvalue weighted by Crippen LogP contribution is -2.35. The molecule has 1 unspecified atom stereocenters. The number of hydrogen-bond donors (Lipinski definition) is 0. The SMILES string of the molecule is COC1CCN(C(=O)OC(C)(C)C)C1.COc1c(Cl)ncnc1Cl. The van der Waals surface area contributed by atoms with Gasteiger partial charge in [0.05, 0.1) is 19.8 Å². The molecule has 2 rings (SSSR count). The van der Waals surface area contributed by atoms with Crippen molar-refractivity contribution in [3.05, 3.63) is 16.6 Å². The zero-order valence-corrected chi connectivity index (χ0v) is 16.0. The Morgan fingerprint density at radius 2 is 1.83 bits per heavy atom. The summed E-state index contributed by atoms with van der Waals surface area (Å²) in [6, 6.07) is 0. The standard InChI is InChI=1S/C10H19NO3.C5H4Cl2N2O/c1-10(2,3)14-9(12)11-6-5-8(7-11)13-4;1-10-3-4(6)8-2-9-5(3)7/h8H,5-7H2,1-4H3;2H,1H3. The Labute approximate surface area is 152 Å². The molecule has 1 aromatic heterocycles. The molecule has 1 fully saturated rings. The van der Waals surface area contributed by atoms with Gasteiger partial charge in [-0.1, -0.05) is 23.2 Å². The second-order valence-electron chi connectivity index (χ2n) is 6.06. The van der Waals surface area contributed by atoms with E-state index in [9.17, 15) is 4.79 Å². The van der Waals surface area contributed by atoms with Crippen LogP contribution in [0.25, 0.3) is 0 Å². The minimum Gasteiger partial charge on any atom is -0.491 e. The summed E-state index contributed by atoms with van der Waals surface area (Å²) >= 11 is 11.1. The molecule has 0 bridgehead atoms. The van der Waals surface area contributed by atoms with Crippen LogP contribution in [0.5, 0.6) is 5.75 Å². The summed E-state index contributed by atoms with van der Waals surface area (Å²) in [5.41, 5.74) is -0.414. The Bertz CT molecular complexity index is 532. The van der Waals surface area contributed by atoms with Crippen LogP contribution >= 0.6 is 23.2 Å². The Morgan fingerprint density at radius 1 is 1.25 bits per heavy atom. The number of ether oxygens (including phenoxy) is 3. The van der Waals surface area contributed by atoms with E-state index in [4.69, 9.17) is 37.4 Å². The maximum atomic E-state index is 11.6. The van der Waals surface area contributed by atoms with Crippen molar-refractivity contribution in [2.45, 2.75) is 38.9 Å². The van der Waals surface area contributed by atoms with Gasteiger partial charge >= 0.3 is 6.09 Å². The number of rotatable bonds is 2. The molecule has 0 saturated carbocycles. The molecule has 0 radical (unpaired) electrons. The zero-order chi connectivity index (χ0) is 18.3. The van der Waals surface area contributed by atoms with Crippen LogP contribution in [0.3, 0.4) is 0 Å². The van der Waals surface area contributed by atoms with Crippen LogP contribution in [0.2, 0.25) is 10.3 Å². The Hall–Kier alpha value is -1.31. The van der Waals surface area contributed by atoms with Crippen LogP contribution in [0, 0.1) is 0 Å². The zero-order valence-electron chi connectivity index (χ0n) is 14.5. The van der Waals surface area contributed by atoms with E-state index in [1.54, 1.807) is 12.0 Å². The fourth-order valence-electron chi connectivity index (χ4n) is 1.91. The molecule has 24 heavy (non-hydrogen) atoms. The lowest BCUT2D eigenvalue weighted by atomic mass is 10.2. The fraction of sp³-hybridized carbons (Fsp3) is 0.667. The molecule has 1 aliphatic rings. The highest BCUT2D eigenvalue weighted by atomic mass is 35.5. The van der Waals surface area contributed by atoms with Crippen LogP contribution in [0.1, 0.15) is 27.2 Å². The normalized spacial score (nSPS) is 17.1. The largest absolute Gasteiger partial charge is 0.491 e. The van der Waals surface area contributed by atoms with Crippen molar-refractivity contribution in [2.75, 3.05) is 27.3 Å². The van der Waals surface area contributed by atoms with E-state index in [0.717, 1.165) is 13.0 Å². The molecule has 1 aromatic rings. The molecule has 1 aliphatic heterocycles. The quantitative estimate of drug-likeness (QED) is 0.732. The molecule has 2 heterocycles. The van der Waals surface area contributed by atoms with Crippen LogP contribution in [0.15, 0.2) is 6.33 Å². The van der Waals surface area contributed by atoms with Crippen molar-refractivity contribution in [3.63, 3.8) is 0 Å². The highest BCUT2D eigenvalue weighted by molar-refractivity contribution is 6.35. The summed E-state index contributed by atoms with van der Waals surface area (Å²) in [6.07, 6.45) is 2.10. The number of methoxy groups -OCH3 is 2.